The van der Waals surface area contributed by atoms with E-state index in [2.05, 4.69) is 5.10 Å². The zero-order chi connectivity index (χ0) is 11.5. The maximum Gasteiger partial charge on any atom is 0.187 e. The monoisotopic (exact) mass is 215 g/mol. The summed E-state index contributed by atoms with van der Waals surface area (Å²) in [6.45, 7) is 0. The predicted molar refractivity (Wildman–Crippen MR) is 62.1 cm³/mol. The van der Waals surface area contributed by atoms with E-state index in [9.17, 15) is 4.79 Å². The largest absolute Gasteiger partial charge is 0.399 e. The first-order chi connectivity index (χ1) is 7.65. The molecule has 0 aliphatic carbocycles. The molecule has 2 rings (SSSR count). The summed E-state index contributed by atoms with van der Waals surface area (Å²) >= 11 is 0. The SMILES string of the molecule is Cn1ccc(C(=O)Cc2cccc(N)c2)n1. The molecule has 0 saturated heterocycles. The molecule has 0 aliphatic rings. The minimum atomic E-state index is 0.00574. The third-order valence-corrected chi connectivity index (χ3v) is 2.32. The zero-order valence-electron chi connectivity index (χ0n) is 9.05. The van der Waals surface area contributed by atoms with Crippen molar-refractivity contribution >= 4 is 11.5 Å². The van der Waals surface area contributed by atoms with Crippen molar-refractivity contribution in [3.05, 3.63) is 47.8 Å². The van der Waals surface area contributed by atoms with Crippen LogP contribution in [0.5, 0.6) is 0 Å². The Morgan fingerprint density at radius 1 is 1.44 bits per heavy atom. The highest BCUT2D eigenvalue weighted by Gasteiger charge is 2.09. The first-order valence-electron chi connectivity index (χ1n) is 5.02. The second-order valence-corrected chi connectivity index (χ2v) is 3.72. The van der Waals surface area contributed by atoms with Gasteiger partial charge in [-0.25, -0.2) is 0 Å². The van der Waals surface area contributed by atoms with E-state index in [1.807, 2.05) is 12.1 Å². The smallest absolute Gasteiger partial charge is 0.187 e. The first kappa shape index (κ1) is 10.4. The Hall–Kier alpha value is -2.10. The van der Waals surface area contributed by atoms with Crippen LogP contribution in [0.3, 0.4) is 0 Å². The molecule has 1 heterocycles. The number of anilines is 1. The van der Waals surface area contributed by atoms with Gasteiger partial charge in [0.25, 0.3) is 0 Å². The highest BCUT2D eigenvalue weighted by molar-refractivity contribution is 5.95. The fraction of sp³-hybridized carbons (Fsp3) is 0.167. The average molecular weight is 215 g/mol. The van der Waals surface area contributed by atoms with Crippen molar-refractivity contribution in [3.63, 3.8) is 0 Å². The van der Waals surface area contributed by atoms with Gasteiger partial charge in [0.05, 0.1) is 0 Å². The van der Waals surface area contributed by atoms with Crippen molar-refractivity contribution in [2.45, 2.75) is 6.42 Å². The van der Waals surface area contributed by atoms with E-state index >= 15 is 0 Å². The normalized spacial score (nSPS) is 10.3. The van der Waals surface area contributed by atoms with E-state index in [0.717, 1.165) is 5.56 Å². The van der Waals surface area contributed by atoms with E-state index < -0.39 is 0 Å². The maximum absolute atomic E-state index is 11.8. The second-order valence-electron chi connectivity index (χ2n) is 3.72. The predicted octanol–water partition coefficient (Wildman–Crippen LogP) is 1.43. The molecule has 0 unspecified atom stereocenters. The molecule has 0 radical (unpaired) electrons. The van der Waals surface area contributed by atoms with Gasteiger partial charge in [0.15, 0.2) is 5.78 Å². The van der Waals surface area contributed by atoms with Crippen LogP contribution in [0, 0.1) is 0 Å². The van der Waals surface area contributed by atoms with Gasteiger partial charge in [0.2, 0.25) is 0 Å². The van der Waals surface area contributed by atoms with Gasteiger partial charge < -0.3 is 5.73 Å². The number of hydrogen-bond donors (Lipinski definition) is 1. The summed E-state index contributed by atoms with van der Waals surface area (Å²) in [5.41, 5.74) is 7.72. The molecule has 0 aliphatic heterocycles. The Kier molecular flexibility index (Phi) is 2.72. The summed E-state index contributed by atoms with van der Waals surface area (Å²) in [5.74, 6) is 0.00574. The Morgan fingerprint density at radius 2 is 2.25 bits per heavy atom. The summed E-state index contributed by atoms with van der Waals surface area (Å²) < 4.78 is 1.62. The van der Waals surface area contributed by atoms with Crippen LogP contribution in [0.4, 0.5) is 5.69 Å². The standard InChI is InChI=1S/C12H13N3O/c1-15-6-5-11(14-15)12(16)8-9-3-2-4-10(13)7-9/h2-7H,8,13H2,1H3. The van der Waals surface area contributed by atoms with E-state index in [4.69, 9.17) is 5.73 Å². The lowest BCUT2D eigenvalue weighted by Crippen LogP contribution is -2.05. The van der Waals surface area contributed by atoms with Crippen molar-refractivity contribution in [2.75, 3.05) is 5.73 Å². The van der Waals surface area contributed by atoms with Crippen LogP contribution in [0.1, 0.15) is 16.1 Å². The van der Waals surface area contributed by atoms with Crippen LogP contribution >= 0.6 is 0 Å². The molecule has 2 aromatic rings. The Labute approximate surface area is 93.7 Å². The summed E-state index contributed by atoms with van der Waals surface area (Å²) in [4.78, 5) is 11.8. The molecule has 0 spiro atoms. The number of nitrogens with two attached hydrogens (primary N) is 1. The molecule has 0 amide bonds. The number of nitrogens with zero attached hydrogens (tertiary/aromatic N) is 2. The minimum absolute atomic E-state index is 0.00574. The number of carbonyl (C=O) groups excluding carboxylic acids is 1. The molecule has 82 valence electrons. The van der Waals surface area contributed by atoms with Crippen LogP contribution < -0.4 is 5.73 Å². The summed E-state index contributed by atoms with van der Waals surface area (Å²) in [7, 11) is 1.79. The summed E-state index contributed by atoms with van der Waals surface area (Å²) in [6.07, 6.45) is 2.09. The van der Waals surface area contributed by atoms with Gasteiger partial charge in [-0.2, -0.15) is 5.10 Å². The first-order valence-corrected chi connectivity index (χ1v) is 5.02. The van der Waals surface area contributed by atoms with Crippen molar-refractivity contribution in [2.24, 2.45) is 7.05 Å². The van der Waals surface area contributed by atoms with Gasteiger partial charge in [0, 0.05) is 25.4 Å². The van der Waals surface area contributed by atoms with Gasteiger partial charge in [-0.3, -0.25) is 9.48 Å². The fourth-order valence-electron chi connectivity index (χ4n) is 1.54. The van der Waals surface area contributed by atoms with Crippen LogP contribution in [-0.4, -0.2) is 15.6 Å². The summed E-state index contributed by atoms with van der Waals surface area (Å²) in [6, 6.07) is 9.05. The van der Waals surface area contributed by atoms with E-state index in [0.29, 0.717) is 17.8 Å². The number of ketones is 1. The van der Waals surface area contributed by atoms with Crippen LogP contribution in [0.2, 0.25) is 0 Å². The highest BCUT2D eigenvalue weighted by atomic mass is 16.1. The number of aryl methyl sites for hydroxylation is 1. The van der Waals surface area contributed by atoms with Crippen LogP contribution in [0.25, 0.3) is 0 Å². The molecule has 0 bridgehead atoms. The highest BCUT2D eigenvalue weighted by Crippen LogP contribution is 2.09. The van der Waals surface area contributed by atoms with Gasteiger partial charge >= 0.3 is 0 Å². The molecule has 1 aromatic carbocycles. The van der Waals surface area contributed by atoms with E-state index in [1.54, 1.807) is 36.1 Å². The molecule has 4 heteroatoms. The lowest BCUT2D eigenvalue weighted by molar-refractivity contribution is 0.0987. The number of carbonyl (C=O) groups is 1. The van der Waals surface area contributed by atoms with Gasteiger partial charge in [-0.05, 0) is 23.8 Å². The number of benzene rings is 1. The van der Waals surface area contributed by atoms with Gasteiger partial charge in [-0.1, -0.05) is 12.1 Å². The van der Waals surface area contributed by atoms with Crippen LogP contribution in [-0.2, 0) is 13.5 Å². The molecule has 16 heavy (non-hydrogen) atoms. The Balaban J connectivity index is 2.13. The number of rotatable bonds is 3. The lowest BCUT2D eigenvalue weighted by Gasteiger charge is -2.00. The zero-order valence-corrected chi connectivity index (χ0v) is 9.05. The third kappa shape index (κ3) is 2.28. The molecule has 2 N–H and O–H groups in total. The molecular formula is C12H13N3O. The summed E-state index contributed by atoms with van der Waals surface area (Å²) in [5, 5.41) is 4.07. The van der Waals surface area contributed by atoms with Crippen molar-refractivity contribution in [3.8, 4) is 0 Å². The Morgan fingerprint density at radius 3 is 2.88 bits per heavy atom. The lowest BCUT2D eigenvalue weighted by atomic mass is 10.1. The van der Waals surface area contributed by atoms with Gasteiger partial charge in [-0.15, -0.1) is 0 Å². The average Bonchev–Trinajstić information content (AvgIpc) is 2.65. The quantitative estimate of drug-likeness (QED) is 0.622. The van der Waals surface area contributed by atoms with Gasteiger partial charge in [0.1, 0.15) is 5.69 Å². The van der Waals surface area contributed by atoms with Crippen molar-refractivity contribution in [1.29, 1.82) is 0 Å². The van der Waals surface area contributed by atoms with Crippen molar-refractivity contribution in [1.82, 2.24) is 9.78 Å². The minimum Gasteiger partial charge on any atom is -0.399 e. The van der Waals surface area contributed by atoms with E-state index in [1.165, 1.54) is 0 Å². The number of nitrogen functional groups attached to an aromatic ring is 1. The topological polar surface area (TPSA) is 60.9 Å². The molecule has 0 fully saturated rings. The molecule has 4 nitrogen and oxygen atoms in total. The Bertz CT molecular complexity index is 516. The third-order valence-electron chi connectivity index (χ3n) is 2.32. The molecule has 1 aromatic heterocycles. The molecule has 0 saturated carbocycles. The van der Waals surface area contributed by atoms with Crippen molar-refractivity contribution < 1.29 is 4.79 Å². The van der Waals surface area contributed by atoms with Crippen LogP contribution in [0.15, 0.2) is 36.5 Å². The fourth-order valence-corrected chi connectivity index (χ4v) is 1.54. The maximum atomic E-state index is 11.8. The number of hydrogen-bond acceptors (Lipinski definition) is 3. The second kappa shape index (κ2) is 4.18. The molecular weight excluding hydrogens is 202 g/mol. The number of aromatic nitrogens is 2. The van der Waals surface area contributed by atoms with E-state index in [-0.39, 0.29) is 5.78 Å². The number of Topliss-reactive ketones (excluding diaryl/α,β-unsaturated/α-hetero) is 1. The molecule has 0 atom stereocenters.